The van der Waals surface area contributed by atoms with E-state index in [2.05, 4.69) is 5.32 Å². The second-order valence-electron chi connectivity index (χ2n) is 3.75. The Kier molecular flexibility index (Phi) is 2.30. The molecule has 1 N–H and O–H groups in total. The number of rotatable bonds is 1. The van der Waals surface area contributed by atoms with Crippen LogP contribution in [-0.4, -0.2) is 25.7 Å². The molecule has 0 aromatic carbocycles. The van der Waals surface area contributed by atoms with Crippen molar-refractivity contribution in [3.63, 3.8) is 0 Å². The summed E-state index contributed by atoms with van der Waals surface area (Å²) in [6.07, 6.45) is 3.11. The maximum Gasteiger partial charge on any atom is 0.220 e. The molecule has 0 radical (unpaired) electrons. The van der Waals surface area contributed by atoms with Crippen molar-refractivity contribution in [2.75, 3.05) is 19.8 Å². The van der Waals surface area contributed by atoms with Gasteiger partial charge in [-0.1, -0.05) is 0 Å². The van der Waals surface area contributed by atoms with Crippen LogP contribution in [0, 0.1) is 11.8 Å². The van der Waals surface area contributed by atoms with E-state index >= 15 is 0 Å². The number of nitrogens with one attached hydrogen (secondary N) is 1. The summed E-state index contributed by atoms with van der Waals surface area (Å²) in [6.45, 7) is 2.64. The summed E-state index contributed by atoms with van der Waals surface area (Å²) >= 11 is 0. The molecule has 2 fully saturated rings. The highest BCUT2D eigenvalue weighted by Crippen LogP contribution is 2.26. The lowest BCUT2D eigenvalue weighted by Crippen LogP contribution is -2.26. The number of ether oxygens (including phenoxy) is 1. The Bertz CT molecular complexity index is 175. The maximum atomic E-state index is 10.9. The van der Waals surface area contributed by atoms with Crippen molar-refractivity contribution < 1.29 is 9.53 Å². The van der Waals surface area contributed by atoms with Crippen LogP contribution in [-0.2, 0) is 9.53 Å². The van der Waals surface area contributed by atoms with Gasteiger partial charge in [0, 0.05) is 26.2 Å². The Morgan fingerprint density at radius 3 is 2.92 bits per heavy atom. The number of hydrogen-bond acceptors (Lipinski definition) is 2. The molecule has 0 bridgehead atoms. The summed E-state index contributed by atoms with van der Waals surface area (Å²) in [4.78, 5) is 10.9. The highest BCUT2D eigenvalue weighted by molar-refractivity contribution is 5.78. The smallest absolute Gasteiger partial charge is 0.220 e. The van der Waals surface area contributed by atoms with Crippen molar-refractivity contribution in [2.45, 2.75) is 19.3 Å². The molecule has 2 unspecified atom stereocenters. The average molecular weight is 169 g/mol. The summed E-state index contributed by atoms with van der Waals surface area (Å²) in [7, 11) is 0. The van der Waals surface area contributed by atoms with Crippen LogP contribution in [0.3, 0.4) is 0 Å². The van der Waals surface area contributed by atoms with Crippen LogP contribution in [0.25, 0.3) is 0 Å². The van der Waals surface area contributed by atoms with Gasteiger partial charge in [0.05, 0.1) is 0 Å². The molecule has 2 atom stereocenters. The predicted molar refractivity (Wildman–Crippen MR) is 44.7 cm³/mol. The SMILES string of the molecule is O=C1CC(C2CCCOC2)CN1. The van der Waals surface area contributed by atoms with Crippen molar-refractivity contribution in [3.8, 4) is 0 Å². The van der Waals surface area contributed by atoms with Gasteiger partial charge in [0.15, 0.2) is 0 Å². The van der Waals surface area contributed by atoms with Gasteiger partial charge in [-0.2, -0.15) is 0 Å². The maximum absolute atomic E-state index is 10.9. The average Bonchev–Trinajstić information content (AvgIpc) is 2.54. The molecule has 2 aliphatic rings. The molecular formula is C9H15NO2. The Morgan fingerprint density at radius 1 is 1.42 bits per heavy atom. The first-order valence-electron chi connectivity index (χ1n) is 4.70. The number of carbonyl (C=O) groups is 1. The standard InChI is InChI=1S/C9H15NO2/c11-9-4-8(5-10-9)7-2-1-3-12-6-7/h7-8H,1-6H2,(H,10,11). The molecule has 68 valence electrons. The Morgan fingerprint density at radius 2 is 2.33 bits per heavy atom. The minimum atomic E-state index is 0.213. The summed E-state index contributed by atoms with van der Waals surface area (Å²) < 4.78 is 5.39. The normalized spacial score (nSPS) is 36.5. The van der Waals surface area contributed by atoms with Crippen LogP contribution < -0.4 is 5.32 Å². The van der Waals surface area contributed by atoms with Crippen LogP contribution in [0.5, 0.6) is 0 Å². The summed E-state index contributed by atoms with van der Waals surface area (Å²) in [5, 5.41) is 2.87. The molecule has 12 heavy (non-hydrogen) atoms. The summed E-state index contributed by atoms with van der Waals surface area (Å²) in [5.41, 5.74) is 0. The van der Waals surface area contributed by atoms with Crippen LogP contribution in [0.1, 0.15) is 19.3 Å². The van der Waals surface area contributed by atoms with E-state index < -0.39 is 0 Å². The first kappa shape index (κ1) is 8.05. The number of amides is 1. The van der Waals surface area contributed by atoms with Crippen molar-refractivity contribution in [1.82, 2.24) is 5.32 Å². The highest BCUT2D eigenvalue weighted by Gasteiger charge is 2.30. The fraction of sp³-hybridized carbons (Fsp3) is 0.889. The lowest BCUT2D eigenvalue weighted by atomic mass is 9.87. The fourth-order valence-electron chi connectivity index (χ4n) is 2.10. The van der Waals surface area contributed by atoms with Crippen molar-refractivity contribution in [2.24, 2.45) is 11.8 Å². The topological polar surface area (TPSA) is 38.3 Å². The van der Waals surface area contributed by atoms with Gasteiger partial charge in [0.25, 0.3) is 0 Å². The monoisotopic (exact) mass is 169 g/mol. The van der Waals surface area contributed by atoms with Crippen LogP contribution in [0.4, 0.5) is 0 Å². The Labute approximate surface area is 72.5 Å². The van der Waals surface area contributed by atoms with Crippen LogP contribution in [0.2, 0.25) is 0 Å². The molecule has 0 saturated carbocycles. The summed E-state index contributed by atoms with van der Waals surface area (Å²) in [6, 6.07) is 0. The Hall–Kier alpha value is -0.570. The van der Waals surface area contributed by atoms with E-state index in [0.717, 1.165) is 26.2 Å². The van der Waals surface area contributed by atoms with Gasteiger partial charge >= 0.3 is 0 Å². The summed E-state index contributed by atoms with van der Waals surface area (Å²) in [5.74, 6) is 1.38. The van der Waals surface area contributed by atoms with Gasteiger partial charge in [0.2, 0.25) is 5.91 Å². The van der Waals surface area contributed by atoms with Gasteiger partial charge < -0.3 is 10.1 Å². The zero-order valence-electron chi connectivity index (χ0n) is 7.21. The third kappa shape index (κ3) is 1.61. The van der Waals surface area contributed by atoms with E-state index in [1.165, 1.54) is 6.42 Å². The number of carbonyl (C=O) groups excluding carboxylic acids is 1. The minimum Gasteiger partial charge on any atom is -0.381 e. The molecule has 2 rings (SSSR count). The van der Waals surface area contributed by atoms with E-state index in [-0.39, 0.29) is 5.91 Å². The minimum absolute atomic E-state index is 0.213. The first-order chi connectivity index (χ1) is 5.86. The zero-order valence-corrected chi connectivity index (χ0v) is 7.21. The van der Waals surface area contributed by atoms with E-state index in [4.69, 9.17) is 4.74 Å². The van der Waals surface area contributed by atoms with E-state index in [1.807, 2.05) is 0 Å². The van der Waals surface area contributed by atoms with Crippen LogP contribution in [0.15, 0.2) is 0 Å². The second-order valence-corrected chi connectivity index (χ2v) is 3.75. The van der Waals surface area contributed by atoms with Gasteiger partial charge in [-0.05, 0) is 24.7 Å². The van der Waals surface area contributed by atoms with Crippen molar-refractivity contribution >= 4 is 5.91 Å². The molecule has 2 heterocycles. The molecule has 0 aliphatic carbocycles. The number of hydrogen-bond donors (Lipinski definition) is 1. The Balaban J connectivity index is 1.86. The van der Waals surface area contributed by atoms with E-state index in [1.54, 1.807) is 0 Å². The third-order valence-electron chi connectivity index (χ3n) is 2.87. The molecule has 2 saturated heterocycles. The predicted octanol–water partition coefficient (Wildman–Crippen LogP) is 0.549. The van der Waals surface area contributed by atoms with Gasteiger partial charge in [0.1, 0.15) is 0 Å². The van der Waals surface area contributed by atoms with Crippen molar-refractivity contribution in [1.29, 1.82) is 0 Å². The molecule has 0 aromatic heterocycles. The third-order valence-corrected chi connectivity index (χ3v) is 2.87. The van der Waals surface area contributed by atoms with Crippen molar-refractivity contribution in [3.05, 3.63) is 0 Å². The van der Waals surface area contributed by atoms with Gasteiger partial charge in [-0.3, -0.25) is 4.79 Å². The van der Waals surface area contributed by atoms with E-state index in [9.17, 15) is 4.79 Å². The second kappa shape index (κ2) is 3.44. The molecule has 0 spiro atoms. The molecule has 2 aliphatic heterocycles. The largest absolute Gasteiger partial charge is 0.381 e. The van der Waals surface area contributed by atoms with Gasteiger partial charge in [-0.15, -0.1) is 0 Å². The lowest BCUT2D eigenvalue weighted by Gasteiger charge is -2.26. The molecule has 3 nitrogen and oxygen atoms in total. The van der Waals surface area contributed by atoms with Gasteiger partial charge in [-0.25, -0.2) is 0 Å². The lowest BCUT2D eigenvalue weighted by molar-refractivity contribution is -0.119. The van der Waals surface area contributed by atoms with E-state index in [0.29, 0.717) is 18.3 Å². The quantitative estimate of drug-likeness (QED) is 0.622. The fourth-order valence-corrected chi connectivity index (χ4v) is 2.10. The zero-order chi connectivity index (χ0) is 8.39. The van der Waals surface area contributed by atoms with Crippen LogP contribution >= 0.6 is 0 Å². The molecule has 0 aromatic rings. The highest BCUT2D eigenvalue weighted by atomic mass is 16.5. The molecule has 1 amide bonds. The molecular weight excluding hydrogens is 154 g/mol. The first-order valence-corrected chi connectivity index (χ1v) is 4.70. The molecule has 3 heteroatoms.